The first-order valence-electron chi connectivity index (χ1n) is 29.3. The molecule has 2 aliphatic heterocycles. The van der Waals surface area contributed by atoms with Gasteiger partial charge in [-0.15, -0.1) is 12.6 Å². The fourth-order valence-corrected chi connectivity index (χ4v) is 13.2. The third-order valence-corrected chi connectivity index (χ3v) is 18.2. The van der Waals surface area contributed by atoms with Crippen LogP contribution in [0.1, 0.15) is 38.9 Å². The number of anilines is 2. The minimum atomic E-state index is -5.13. The summed E-state index contributed by atoms with van der Waals surface area (Å²) in [7, 11) is -9.85. The number of hydrogen-bond donors (Lipinski definition) is 5. The van der Waals surface area contributed by atoms with Gasteiger partial charge < -0.3 is 28.8 Å². The third kappa shape index (κ3) is 18.9. The van der Waals surface area contributed by atoms with E-state index in [2.05, 4.69) is 88.1 Å². The second-order valence-corrected chi connectivity index (χ2v) is 27.8. The number of benzene rings is 10. The van der Waals surface area contributed by atoms with Gasteiger partial charge in [0.25, 0.3) is 30.4 Å². The van der Waals surface area contributed by atoms with Crippen molar-refractivity contribution in [3.8, 4) is 56.4 Å². The molecule has 12 rings (SSSR count). The van der Waals surface area contributed by atoms with E-state index in [1.54, 1.807) is 30.3 Å². The van der Waals surface area contributed by atoms with Crippen LogP contribution in [0.4, 0.5) is 11.4 Å². The van der Waals surface area contributed by atoms with Crippen molar-refractivity contribution >= 4 is 141 Å². The highest BCUT2D eigenvalue weighted by Gasteiger charge is 2.32. The summed E-state index contributed by atoms with van der Waals surface area (Å²) in [6.45, 7) is 3.75. The van der Waals surface area contributed by atoms with Gasteiger partial charge in [-0.1, -0.05) is 144 Å². The maximum Gasteiger partial charge on any atom is 0.425 e. The number of phenols is 2. The SMILES string of the molecule is C=Cc1ccc(/C=C/c2ccc(N(C)C)cc2)cc1.CN(C)c1ccc(/C=C/c2ccc(/C=C/c3cc(S(=O)(=O)O)c(-c4c5ccc(=O)cc-5oc5cc(O)ccc45)c(S(=O)(=O)O)c3)cc2)cc1.O=S(=O)=O.O=c1ccc2c(-c3ccc(Br)cc3S(=O)(=O)O)c3ccc(O)cc3oc-2c1.[B]. The largest absolute Gasteiger partial charge is 0.508 e. The quantitative estimate of drug-likeness (QED) is 0.0292. The summed E-state index contributed by atoms with van der Waals surface area (Å²) in [6.07, 6.45) is 13.1. The molecule has 0 spiro atoms. The standard InChI is InChI=1S/C37H29NO9S2.C19H11BrO6S.C18H19N.B.O3S/c1-38(2)27-13-11-25(12-14-27)8-7-23-3-5-24(6-4-23)9-10-26-19-34(48(41,42)43)37(35(20-26)49(44,45)46)36-30-17-15-28(39)21-32(30)47-33-22-29(40)16-18-31(33)36;20-10-1-4-15(18(7-10)27(23,24)25)19-13-5-2-11(21)8-16(13)26-17-9-12(22)3-6-14(17)19;1-4-15-5-7-16(8-6-15)9-10-17-11-13-18(14-12-17)19(2)3;;1-4(2)3/h3-22,39H,1-2H3,(H,41,42,43)(H,44,45,46);1-9,21H,(H,23,24,25);4-14H,1H2,2-3H3;;/b8-7+,10-9+;;10-9+;;. The van der Waals surface area contributed by atoms with Crippen LogP contribution in [0.5, 0.6) is 11.5 Å². The summed E-state index contributed by atoms with van der Waals surface area (Å²) in [5.41, 5.74) is 8.81. The van der Waals surface area contributed by atoms with Crippen molar-refractivity contribution in [3.63, 3.8) is 0 Å². The zero-order valence-electron chi connectivity index (χ0n) is 53.3. The minimum Gasteiger partial charge on any atom is -0.508 e. The topological polar surface area (TPSA) is 322 Å². The van der Waals surface area contributed by atoms with E-state index < -0.39 is 61.7 Å². The molecular weight excluding hydrogens is 1420 g/mol. The zero-order chi connectivity index (χ0) is 71.7. The van der Waals surface area contributed by atoms with E-state index in [-0.39, 0.29) is 80.6 Å². The fourth-order valence-electron chi connectivity index (χ4n) is 10.4. The van der Waals surface area contributed by atoms with E-state index >= 15 is 0 Å². The number of hydrogen-bond acceptors (Lipinski definition) is 17. The summed E-state index contributed by atoms with van der Waals surface area (Å²) in [5.74, 6) is -0.0719. The highest BCUT2D eigenvalue weighted by molar-refractivity contribution is 9.10. The van der Waals surface area contributed by atoms with Gasteiger partial charge in [0.05, 0.1) is 0 Å². The normalized spacial score (nSPS) is 11.6. The maximum atomic E-state index is 12.9. The van der Waals surface area contributed by atoms with Crippen molar-refractivity contribution < 1.29 is 70.6 Å². The number of rotatable bonds is 14. The van der Waals surface area contributed by atoms with Crippen molar-refractivity contribution in [2.75, 3.05) is 38.0 Å². The lowest BCUT2D eigenvalue weighted by Crippen LogP contribution is -2.10. The Morgan fingerprint density at radius 2 is 0.730 bits per heavy atom. The van der Waals surface area contributed by atoms with Crippen LogP contribution in [0.15, 0.2) is 244 Å². The molecule has 5 N–H and O–H groups in total. The van der Waals surface area contributed by atoms with Crippen LogP contribution in [0.2, 0.25) is 0 Å². The predicted octanol–water partition coefficient (Wildman–Crippen LogP) is 14.6. The first kappa shape index (κ1) is 75.0. The molecule has 0 unspecified atom stereocenters. The van der Waals surface area contributed by atoms with E-state index in [1.807, 2.05) is 99.8 Å². The van der Waals surface area contributed by atoms with Gasteiger partial charge in [-0.3, -0.25) is 23.2 Å². The van der Waals surface area contributed by atoms with Gasteiger partial charge in [0.1, 0.15) is 48.9 Å². The molecule has 26 heteroatoms. The monoisotopic (exact) mass is 1480 g/mol. The Hall–Kier alpha value is -10.8. The molecule has 0 atom stereocenters. The Kier molecular flexibility index (Phi) is 23.8. The van der Waals surface area contributed by atoms with Gasteiger partial charge in [0.15, 0.2) is 10.9 Å². The Labute approximate surface area is 587 Å². The molecule has 2 heterocycles. The fraction of sp³-hybridized carbons (Fsp3) is 0.0541. The Balaban J connectivity index is 0.000000208. The molecule has 8 aromatic rings. The van der Waals surface area contributed by atoms with E-state index in [0.717, 1.165) is 40.6 Å². The molecule has 0 saturated carbocycles. The van der Waals surface area contributed by atoms with E-state index in [1.165, 1.54) is 83.6 Å². The van der Waals surface area contributed by atoms with Gasteiger partial charge >= 0.3 is 10.6 Å². The zero-order valence-corrected chi connectivity index (χ0v) is 58.2. The Bertz CT molecular complexity index is 5630. The van der Waals surface area contributed by atoms with Crippen LogP contribution in [0.3, 0.4) is 0 Å². The molecule has 4 aliphatic rings. The smallest absolute Gasteiger partial charge is 0.425 e. The van der Waals surface area contributed by atoms with E-state index in [0.29, 0.717) is 26.5 Å². The second-order valence-electron chi connectivity index (χ2n) is 22.3. The summed E-state index contributed by atoms with van der Waals surface area (Å²) < 4.78 is 143. The molecule has 0 bridgehead atoms. The lowest BCUT2D eigenvalue weighted by molar-refractivity contribution is 0.473. The average molecular weight is 1480 g/mol. The van der Waals surface area contributed by atoms with Crippen molar-refractivity contribution in [3.05, 3.63) is 271 Å². The van der Waals surface area contributed by atoms with E-state index in [4.69, 9.17) is 21.5 Å². The van der Waals surface area contributed by atoms with Crippen LogP contribution in [0, 0.1) is 0 Å². The lowest BCUT2D eigenvalue weighted by atomic mass is 9.93. The molecule has 0 aromatic heterocycles. The average Bonchev–Trinajstić information content (AvgIpc) is 0.740. The molecule has 0 saturated heterocycles. The number of nitrogens with zero attached hydrogens (tertiary/aromatic N) is 2. The van der Waals surface area contributed by atoms with Crippen molar-refractivity contribution in [1.82, 2.24) is 0 Å². The molecule has 0 fully saturated rings. The van der Waals surface area contributed by atoms with Gasteiger partial charge in [-0.05, 0) is 136 Å². The van der Waals surface area contributed by atoms with Gasteiger partial charge in [-0.25, -0.2) is 0 Å². The lowest BCUT2D eigenvalue weighted by Gasteiger charge is -2.19. The first-order chi connectivity index (χ1) is 46.8. The van der Waals surface area contributed by atoms with Crippen LogP contribution < -0.4 is 20.7 Å². The molecule has 8 aromatic carbocycles. The Morgan fingerprint density at radius 1 is 0.400 bits per heavy atom. The number of fused-ring (bicyclic) bond motifs is 4. The summed E-state index contributed by atoms with van der Waals surface area (Å²) in [4.78, 5) is 26.1. The maximum absolute atomic E-state index is 12.9. The predicted molar refractivity (Wildman–Crippen MR) is 396 cm³/mol. The molecule has 507 valence electrons. The summed E-state index contributed by atoms with van der Waals surface area (Å²) >= 11 is 3.21. The number of aromatic hydroxyl groups is 2. The van der Waals surface area contributed by atoms with Gasteiger partial charge in [-0.2, -0.15) is 25.3 Å². The van der Waals surface area contributed by atoms with Crippen LogP contribution >= 0.6 is 15.9 Å². The Morgan fingerprint density at radius 3 is 1.09 bits per heavy atom. The highest BCUT2D eigenvalue weighted by atomic mass is 79.9. The number of halogens is 1. The molecule has 0 amide bonds. The van der Waals surface area contributed by atoms with Crippen molar-refractivity contribution in [1.29, 1.82) is 0 Å². The third-order valence-electron chi connectivity index (χ3n) is 15.1. The molecule has 3 radical (unpaired) electrons. The molecular formula is C74H59BBrN2O18S4. The van der Waals surface area contributed by atoms with E-state index in [9.17, 15) is 58.7 Å². The van der Waals surface area contributed by atoms with Gasteiger partial charge in [0, 0.05) is 121 Å². The van der Waals surface area contributed by atoms with Crippen molar-refractivity contribution in [2.45, 2.75) is 14.7 Å². The minimum absolute atomic E-state index is 0. The number of phenolic OH excluding ortho intramolecular Hbond substituents is 2. The van der Waals surface area contributed by atoms with Gasteiger partial charge in [0.2, 0.25) is 0 Å². The van der Waals surface area contributed by atoms with Crippen LogP contribution in [-0.2, 0) is 41.0 Å². The summed E-state index contributed by atoms with van der Waals surface area (Å²) in [5, 5.41) is 20.5. The molecule has 100 heavy (non-hydrogen) atoms. The first-order valence-corrected chi connectivity index (χ1v) is 35.4. The second kappa shape index (κ2) is 31.8. The highest BCUT2D eigenvalue weighted by Crippen LogP contribution is 2.47. The van der Waals surface area contributed by atoms with Crippen molar-refractivity contribution in [2.24, 2.45) is 0 Å². The summed E-state index contributed by atoms with van der Waals surface area (Å²) in [6, 6.07) is 55.0. The molecule has 2 aliphatic carbocycles. The molecule has 20 nitrogen and oxygen atoms in total. The van der Waals surface area contributed by atoms with Crippen LogP contribution in [0.25, 0.3) is 109 Å². The van der Waals surface area contributed by atoms with Crippen LogP contribution in [-0.4, -0.2) is 98.4 Å².